The first-order valence-corrected chi connectivity index (χ1v) is 15.3. The Labute approximate surface area is 253 Å². The number of nitrogens with zero attached hydrogens (tertiary/aromatic N) is 1. The van der Waals surface area contributed by atoms with Crippen LogP contribution in [0.1, 0.15) is 74.2 Å². The molecule has 10 heteroatoms. The number of halogens is 3. The van der Waals surface area contributed by atoms with Crippen molar-refractivity contribution in [2.45, 2.75) is 81.2 Å². The van der Waals surface area contributed by atoms with Crippen LogP contribution in [0.4, 0.5) is 4.39 Å². The Morgan fingerprint density at radius 2 is 1.79 bits per heavy atom. The molecular formula is C32H32Cl2FNO6. The number of esters is 1. The van der Waals surface area contributed by atoms with E-state index >= 15 is 0 Å². The minimum absolute atomic E-state index is 0.0994. The number of benzene rings is 2. The standard InChI is InChI=1S/C32H32Cl2FNO6/c1-39-30(37)31(9-10-31)41-23-14-20(11-21(35)15-23)32(38)18-7-8-19(32)13-22(12-18)40-16-24-28(36-42-29(24)17-5-6-17)27-25(33)3-2-4-26(27)34/h2-4,11,14-15,17-19,22,38H,5-10,12-13,16H2,1H3. The van der Waals surface area contributed by atoms with Gasteiger partial charge in [-0.05, 0) is 80.2 Å². The molecule has 2 bridgehead atoms. The fourth-order valence-corrected chi connectivity index (χ4v) is 7.66. The fraction of sp³-hybridized carbons (Fsp3) is 0.500. The van der Waals surface area contributed by atoms with Crippen LogP contribution in [-0.2, 0) is 26.5 Å². The zero-order valence-electron chi connectivity index (χ0n) is 23.2. The van der Waals surface area contributed by atoms with E-state index in [0.717, 1.165) is 37.0 Å². The van der Waals surface area contributed by atoms with Crippen molar-refractivity contribution < 1.29 is 33.0 Å². The summed E-state index contributed by atoms with van der Waals surface area (Å²) in [6.07, 6.45) is 5.87. The first kappa shape index (κ1) is 28.1. The second-order valence-corrected chi connectivity index (χ2v) is 13.0. The van der Waals surface area contributed by atoms with Gasteiger partial charge in [-0.2, -0.15) is 0 Å². The van der Waals surface area contributed by atoms with Gasteiger partial charge in [-0.3, -0.25) is 0 Å². The first-order valence-electron chi connectivity index (χ1n) is 14.6. The lowest BCUT2D eigenvalue weighted by atomic mass is 9.69. The number of hydrogen-bond donors (Lipinski definition) is 1. The molecule has 42 heavy (non-hydrogen) atoms. The van der Waals surface area contributed by atoms with E-state index in [2.05, 4.69) is 5.16 Å². The summed E-state index contributed by atoms with van der Waals surface area (Å²) in [5, 5.41) is 17.4. The van der Waals surface area contributed by atoms with Crippen molar-refractivity contribution in [1.82, 2.24) is 5.16 Å². The second-order valence-electron chi connectivity index (χ2n) is 12.2. The zero-order valence-corrected chi connectivity index (χ0v) is 24.7. The summed E-state index contributed by atoms with van der Waals surface area (Å²) in [5.41, 5.74) is 0.311. The Morgan fingerprint density at radius 3 is 2.40 bits per heavy atom. The number of aromatic nitrogens is 1. The highest BCUT2D eigenvalue weighted by molar-refractivity contribution is 6.39. The van der Waals surface area contributed by atoms with E-state index in [4.69, 9.17) is 41.9 Å². The molecule has 1 aromatic heterocycles. The van der Waals surface area contributed by atoms with Crippen LogP contribution in [0.3, 0.4) is 0 Å². The SMILES string of the molecule is COC(=O)C1(Oc2cc(F)cc(C3(O)C4CCC3CC(OCc3c(-c5c(Cl)cccc5Cl)noc3C3CC3)C4)c2)CC1. The quantitative estimate of drug-likeness (QED) is 0.252. The van der Waals surface area contributed by atoms with Gasteiger partial charge in [0.1, 0.15) is 23.0 Å². The molecule has 4 saturated carbocycles. The molecule has 2 unspecified atom stereocenters. The topological polar surface area (TPSA) is 91.0 Å². The van der Waals surface area contributed by atoms with Crippen LogP contribution in [0.15, 0.2) is 40.9 Å². The van der Waals surface area contributed by atoms with Crippen molar-refractivity contribution in [2.75, 3.05) is 7.11 Å². The van der Waals surface area contributed by atoms with E-state index < -0.39 is 23.0 Å². The number of fused-ring (bicyclic) bond motifs is 2. The maximum atomic E-state index is 14.8. The summed E-state index contributed by atoms with van der Waals surface area (Å²) in [6.45, 7) is 0.294. The molecule has 4 fully saturated rings. The average Bonchev–Trinajstić information content (AvgIpc) is 3.89. The fourth-order valence-electron chi connectivity index (χ4n) is 7.08. The van der Waals surface area contributed by atoms with Crippen LogP contribution in [0.25, 0.3) is 11.3 Å². The number of rotatable bonds is 9. The maximum Gasteiger partial charge on any atom is 0.350 e. The highest BCUT2D eigenvalue weighted by atomic mass is 35.5. The first-order chi connectivity index (χ1) is 20.2. The number of methoxy groups -OCH3 is 1. The molecule has 7 nitrogen and oxygen atoms in total. The molecule has 1 heterocycles. The van der Waals surface area contributed by atoms with Crippen molar-refractivity contribution in [1.29, 1.82) is 0 Å². The summed E-state index contributed by atoms with van der Waals surface area (Å²) in [7, 11) is 1.31. The van der Waals surface area contributed by atoms with Crippen LogP contribution in [0, 0.1) is 17.7 Å². The van der Waals surface area contributed by atoms with E-state index in [1.54, 1.807) is 24.3 Å². The number of ether oxygens (including phenoxy) is 3. The molecular weight excluding hydrogens is 584 g/mol. The molecule has 222 valence electrons. The minimum atomic E-state index is -1.21. The van der Waals surface area contributed by atoms with Crippen LogP contribution >= 0.6 is 23.2 Å². The van der Waals surface area contributed by atoms with E-state index in [9.17, 15) is 14.3 Å². The van der Waals surface area contributed by atoms with Crippen LogP contribution in [0.5, 0.6) is 5.75 Å². The van der Waals surface area contributed by atoms with Crippen molar-refractivity contribution in [3.63, 3.8) is 0 Å². The molecule has 4 aliphatic rings. The van der Waals surface area contributed by atoms with Gasteiger partial charge in [-0.15, -0.1) is 0 Å². The van der Waals surface area contributed by atoms with Gasteiger partial charge in [-0.1, -0.05) is 34.4 Å². The molecule has 2 atom stereocenters. The van der Waals surface area contributed by atoms with Crippen LogP contribution in [0.2, 0.25) is 10.0 Å². The maximum absolute atomic E-state index is 14.8. The Balaban J connectivity index is 1.10. The molecule has 4 aliphatic carbocycles. The molecule has 0 radical (unpaired) electrons. The molecule has 0 amide bonds. The van der Waals surface area contributed by atoms with Gasteiger partial charge in [0.15, 0.2) is 0 Å². The molecule has 0 aliphatic heterocycles. The third kappa shape index (κ3) is 4.80. The second kappa shape index (κ2) is 10.5. The monoisotopic (exact) mass is 615 g/mol. The van der Waals surface area contributed by atoms with Gasteiger partial charge in [0.2, 0.25) is 5.60 Å². The smallest absolute Gasteiger partial charge is 0.350 e. The number of carbonyl (C=O) groups excluding carboxylic acids is 1. The number of carbonyl (C=O) groups is 1. The van der Waals surface area contributed by atoms with E-state index in [1.807, 2.05) is 0 Å². The Kier molecular flexibility index (Phi) is 7.04. The molecule has 1 N–H and O–H groups in total. The van der Waals surface area contributed by atoms with Gasteiger partial charge in [0, 0.05) is 36.0 Å². The Bertz CT molecular complexity index is 1500. The highest BCUT2D eigenvalue weighted by Crippen LogP contribution is 2.57. The predicted octanol–water partition coefficient (Wildman–Crippen LogP) is 7.34. The highest BCUT2D eigenvalue weighted by Gasteiger charge is 2.56. The average molecular weight is 617 g/mol. The van der Waals surface area contributed by atoms with Crippen molar-refractivity contribution >= 4 is 29.2 Å². The van der Waals surface area contributed by atoms with Crippen LogP contribution in [-0.4, -0.2) is 35.0 Å². The summed E-state index contributed by atoms with van der Waals surface area (Å²) in [4.78, 5) is 12.2. The van der Waals surface area contributed by atoms with Gasteiger partial charge < -0.3 is 23.8 Å². The van der Waals surface area contributed by atoms with Gasteiger partial charge >= 0.3 is 5.97 Å². The van der Waals surface area contributed by atoms with E-state index in [0.29, 0.717) is 65.1 Å². The lowest BCUT2D eigenvalue weighted by molar-refractivity contribution is -0.151. The largest absolute Gasteiger partial charge is 0.475 e. The van der Waals surface area contributed by atoms with Crippen molar-refractivity contribution in [3.8, 4) is 17.0 Å². The van der Waals surface area contributed by atoms with Crippen molar-refractivity contribution in [2.24, 2.45) is 11.8 Å². The molecule has 3 aromatic rings. The minimum Gasteiger partial charge on any atom is -0.475 e. The third-order valence-electron chi connectivity index (χ3n) is 9.54. The third-order valence-corrected chi connectivity index (χ3v) is 10.2. The molecule has 0 spiro atoms. The molecule has 2 aromatic carbocycles. The van der Waals surface area contributed by atoms with Gasteiger partial charge in [0.25, 0.3) is 0 Å². The number of aliphatic hydroxyl groups is 1. The number of hydrogen-bond acceptors (Lipinski definition) is 7. The van der Waals surface area contributed by atoms with Crippen LogP contribution < -0.4 is 4.74 Å². The normalized spacial score (nSPS) is 27.6. The molecule has 0 saturated heterocycles. The summed E-state index contributed by atoms with van der Waals surface area (Å²) in [5.74, 6) is 0.150. The summed E-state index contributed by atoms with van der Waals surface area (Å²) < 4.78 is 37.9. The van der Waals surface area contributed by atoms with Gasteiger partial charge in [0.05, 0.1) is 35.5 Å². The van der Waals surface area contributed by atoms with E-state index in [-0.39, 0.29) is 23.7 Å². The van der Waals surface area contributed by atoms with E-state index in [1.165, 1.54) is 19.2 Å². The zero-order chi connectivity index (χ0) is 29.2. The van der Waals surface area contributed by atoms with Gasteiger partial charge in [-0.25, -0.2) is 9.18 Å². The Hall–Kier alpha value is -2.65. The summed E-state index contributed by atoms with van der Waals surface area (Å²) >= 11 is 13.0. The lowest BCUT2D eigenvalue weighted by Crippen LogP contribution is -2.44. The summed E-state index contributed by atoms with van der Waals surface area (Å²) in [6, 6.07) is 9.67. The predicted molar refractivity (Wildman–Crippen MR) is 153 cm³/mol. The molecule has 7 rings (SSSR count). The lowest BCUT2D eigenvalue weighted by Gasteiger charge is -2.43. The Morgan fingerprint density at radius 1 is 1.10 bits per heavy atom. The van der Waals surface area contributed by atoms with Crippen molar-refractivity contribution in [3.05, 3.63) is 69.1 Å².